The molecule has 0 fully saturated rings. The number of nitrogens with zero attached hydrogens (tertiary/aromatic N) is 1. The van der Waals surface area contributed by atoms with Crippen LogP contribution in [-0.4, -0.2) is 22.0 Å². The van der Waals surface area contributed by atoms with Crippen LogP contribution in [0.25, 0.3) is 0 Å². The van der Waals surface area contributed by atoms with Gasteiger partial charge >= 0.3 is 0 Å². The number of pyridine rings is 1. The van der Waals surface area contributed by atoms with E-state index in [-0.39, 0.29) is 23.4 Å². The Labute approximate surface area is 88.3 Å². The molecule has 0 unspecified atom stereocenters. The average molecular weight is 209 g/mol. The molecule has 0 radical (unpaired) electrons. The molecule has 1 aromatic heterocycles. The molecule has 82 valence electrons. The summed E-state index contributed by atoms with van der Waals surface area (Å²) in [5, 5.41) is 11.8. The van der Waals surface area contributed by atoms with Gasteiger partial charge in [0.25, 0.3) is 0 Å². The summed E-state index contributed by atoms with van der Waals surface area (Å²) in [7, 11) is 0. The summed E-state index contributed by atoms with van der Waals surface area (Å²) in [6, 6.07) is 2.42. The van der Waals surface area contributed by atoms with Crippen LogP contribution in [0.1, 0.15) is 13.8 Å². The summed E-state index contributed by atoms with van der Waals surface area (Å²) in [6.45, 7) is 3.70. The Morgan fingerprint density at radius 2 is 2.27 bits per heavy atom. The Hall–Kier alpha value is -1.62. The van der Waals surface area contributed by atoms with Gasteiger partial charge in [-0.2, -0.15) is 0 Å². The Bertz CT molecular complexity index is 352. The third-order valence-corrected chi connectivity index (χ3v) is 2.05. The van der Waals surface area contributed by atoms with Crippen LogP contribution >= 0.6 is 0 Å². The van der Waals surface area contributed by atoms with E-state index < -0.39 is 6.04 Å². The highest BCUT2D eigenvalue weighted by Gasteiger charge is 2.18. The first kappa shape index (κ1) is 11.5. The van der Waals surface area contributed by atoms with Gasteiger partial charge in [-0.15, -0.1) is 0 Å². The molecule has 15 heavy (non-hydrogen) atoms. The van der Waals surface area contributed by atoms with Gasteiger partial charge in [-0.3, -0.25) is 4.79 Å². The second-order valence-corrected chi connectivity index (χ2v) is 3.63. The largest absolute Gasteiger partial charge is 0.504 e. The van der Waals surface area contributed by atoms with Crippen molar-refractivity contribution in [2.75, 3.05) is 5.32 Å². The fourth-order valence-corrected chi connectivity index (χ4v) is 0.996. The molecule has 0 aliphatic rings. The molecule has 0 aliphatic heterocycles. The lowest BCUT2D eigenvalue weighted by Crippen LogP contribution is -2.39. The monoisotopic (exact) mass is 209 g/mol. The molecule has 5 heteroatoms. The standard InChI is InChI=1S/C10H15N3O2/c1-6(2)8(11)10(15)13-9-7(14)4-3-5-12-9/h3-6,8,14H,11H2,1-2H3,(H,12,13,15)/t8-/m0/s1. The zero-order chi connectivity index (χ0) is 11.4. The van der Waals surface area contributed by atoms with Crippen LogP contribution in [-0.2, 0) is 4.79 Å². The molecule has 1 aromatic rings. The van der Waals surface area contributed by atoms with E-state index >= 15 is 0 Å². The van der Waals surface area contributed by atoms with E-state index in [1.165, 1.54) is 12.3 Å². The molecule has 5 nitrogen and oxygen atoms in total. The molecule has 0 saturated heterocycles. The maximum Gasteiger partial charge on any atom is 0.242 e. The highest BCUT2D eigenvalue weighted by molar-refractivity contribution is 5.95. The first-order chi connectivity index (χ1) is 7.02. The maximum atomic E-state index is 11.5. The predicted molar refractivity (Wildman–Crippen MR) is 57.3 cm³/mol. The van der Waals surface area contributed by atoms with Crippen LogP contribution < -0.4 is 11.1 Å². The van der Waals surface area contributed by atoms with Crippen molar-refractivity contribution in [3.8, 4) is 5.75 Å². The van der Waals surface area contributed by atoms with E-state index in [0.29, 0.717) is 0 Å². The SMILES string of the molecule is CC(C)[C@H](N)C(=O)Nc1ncccc1O. The predicted octanol–water partition coefficient (Wildman–Crippen LogP) is 0.709. The van der Waals surface area contributed by atoms with Crippen molar-refractivity contribution in [2.45, 2.75) is 19.9 Å². The third kappa shape index (κ3) is 2.92. The van der Waals surface area contributed by atoms with Crippen molar-refractivity contribution in [2.24, 2.45) is 11.7 Å². The second-order valence-electron chi connectivity index (χ2n) is 3.63. The topological polar surface area (TPSA) is 88.2 Å². The van der Waals surface area contributed by atoms with Gasteiger partial charge < -0.3 is 16.2 Å². The summed E-state index contributed by atoms with van der Waals surface area (Å²) in [4.78, 5) is 15.3. The van der Waals surface area contributed by atoms with Crippen LogP contribution in [0, 0.1) is 5.92 Å². The number of aromatic nitrogens is 1. The number of nitrogens with one attached hydrogen (secondary N) is 1. The van der Waals surface area contributed by atoms with Gasteiger partial charge in [0.05, 0.1) is 6.04 Å². The third-order valence-electron chi connectivity index (χ3n) is 2.05. The molecule has 1 amide bonds. The number of hydrogen-bond acceptors (Lipinski definition) is 4. The summed E-state index contributed by atoms with van der Waals surface area (Å²) >= 11 is 0. The minimum atomic E-state index is -0.605. The minimum Gasteiger partial charge on any atom is -0.504 e. The van der Waals surface area contributed by atoms with Gasteiger partial charge in [-0.05, 0) is 18.1 Å². The van der Waals surface area contributed by atoms with E-state index in [9.17, 15) is 9.90 Å². The Kier molecular flexibility index (Phi) is 3.62. The van der Waals surface area contributed by atoms with Gasteiger partial charge in [0.2, 0.25) is 5.91 Å². The molecule has 0 aromatic carbocycles. The fourth-order valence-electron chi connectivity index (χ4n) is 0.996. The van der Waals surface area contributed by atoms with Crippen molar-refractivity contribution in [3.05, 3.63) is 18.3 Å². The number of nitrogens with two attached hydrogens (primary N) is 1. The number of amides is 1. The van der Waals surface area contributed by atoms with Gasteiger partial charge in [0, 0.05) is 6.20 Å². The number of rotatable bonds is 3. The first-order valence-electron chi connectivity index (χ1n) is 4.72. The van der Waals surface area contributed by atoms with Gasteiger partial charge in [0.15, 0.2) is 11.6 Å². The van der Waals surface area contributed by atoms with E-state index in [1.54, 1.807) is 6.07 Å². The van der Waals surface area contributed by atoms with Crippen LogP contribution in [0.5, 0.6) is 5.75 Å². The number of carbonyl (C=O) groups is 1. The minimum absolute atomic E-state index is 0.0378. The molecular weight excluding hydrogens is 194 g/mol. The van der Waals surface area contributed by atoms with Crippen molar-refractivity contribution in [3.63, 3.8) is 0 Å². The highest BCUT2D eigenvalue weighted by Crippen LogP contribution is 2.18. The number of carbonyl (C=O) groups excluding carboxylic acids is 1. The van der Waals surface area contributed by atoms with E-state index in [1.807, 2.05) is 13.8 Å². The van der Waals surface area contributed by atoms with Crippen LogP contribution in [0.2, 0.25) is 0 Å². The Morgan fingerprint density at radius 3 is 2.80 bits per heavy atom. The van der Waals surface area contributed by atoms with Crippen LogP contribution in [0.3, 0.4) is 0 Å². The van der Waals surface area contributed by atoms with E-state index in [0.717, 1.165) is 0 Å². The molecule has 1 heterocycles. The van der Waals surface area contributed by atoms with Gasteiger partial charge in [-0.25, -0.2) is 4.98 Å². The average Bonchev–Trinajstić information content (AvgIpc) is 2.20. The lowest BCUT2D eigenvalue weighted by Gasteiger charge is -2.15. The van der Waals surface area contributed by atoms with Crippen LogP contribution in [0.15, 0.2) is 18.3 Å². The summed E-state index contributed by atoms with van der Waals surface area (Å²) in [5.41, 5.74) is 5.64. The molecule has 0 spiro atoms. The van der Waals surface area contributed by atoms with Crippen molar-refractivity contribution in [1.29, 1.82) is 0 Å². The second kappa shape index (κ2) is 4.75. The summed E-state index contributed by atoms with van der Waals surface area (Å²) in [6.07, 6.45) is 1.48. The Morgan fingerprint density at radius 1 is 1.60 bits per heavy atom. The molecule has 1 atom stereocenters. The van der Waals surface area contributed by atoms with Gasteiger partial charge in [-0.1, -0.05) is 13.8 Å². The number of hydrogen-bond donors (Lipinski definition) is 3. The molecule has 1 rings (SSSR count). The maximum absolute atomic E-state index is 11.5. The smallest absolute Gasteiger partial charge is 0.242 e. The molecule has 4 N–H and O–H groups in total. The van der Waals surface area contributed by atoms with E-state index in [4.69, 9.17) is 5.73 Å². The van der Waals surface area contributed by atoms with Crippen molar-refractivity contribution in [1.82, 2.24) is 4.98 Å². The van der Waals surface area contributed by atoms with Crippen LogP contribution in [0.4, 0.5) is 5.82 Å². The zero-order valence-corrected chi connectivity index (χ0v) is 8.77. The summed E-state index contributed by atoms with van der Waals surface area (Å²) < 4.78 is 0. The normalized spacial score (nSPS) is 12.5. The molecule has 0 aliphatic carbocycles. The quantitative estimate of drug-likeness (QED) is 0.684. The van der Waals surface area contributed by atoms with Crippen molar-refractivity contribution < 1.29 is 9.90 Å². The number of aromatic hydroxyl groups is 1. The van der Waals surface area contributed by atoms with E-state index in [2.05, 4.69) is 10.3 Å². The fraction of sp³-hybridized carbons (Fsp3) is 0.400. The molecule has 0 saturated carbocycles. The number of anilines is 1. The lowest BCUT2D eigenvalue weighted by molar-refractivity contribution is -0.118. The zero-order valence-electron chi connectivity index (χ0n) is 8.77. The lowest BCUT2D eigenvalue weighted by atomic mass is 10.1. The van der Waals surface area contributed by atoms with Gasteiger partial charge in [0.1, 0.15) is 0 Å². The first-order valence-corrected chi connectivity index (χ1v) is 4.72. The van der Waals surface area contributed by atoms with Crippen molar-refractivity contribution >= 4 is 11.7 Å². The Balaban J connectivity index is 2.71. The summed E-state index contributed by atoms with van der Waals surface area (Å²) in [5.74, 6) is -0.240. The highest BCUT2D eigenvalue weighted by atomic mass is 16.3. The molecular formula is C10H15N3O2. The molecule has 0 bridgehead atoms.